The Morgan fingerprint density at radius 2 is 2.04 bits per heavy atom. The topological polar surface area (TPSA) is 59.2 Å². The molecule has 3 aromatic rings. The van der Waals surface area contributed by atoms with Crippen molar-refractivity contribution in [1.82, 2.24) is 15.0 Å². The molecule has 0 atom stereocenters. The molecule has 0 N–H and O–H groups in total. The van der Waals surface area contributed by atoms with E-state index in [1.165, 1.54) is 11.8 Å². The van der Waals surface area contributed by atoms with E-state index in [4.69, 9.17) is 4.52 Å². The Kier molecular flexibility index (Phi) is 6.11. The smallest absolute Gasteiger partial charge is 0.256 e. The Labute approximate surface area is 164 Å². The second-order valence-corrected chi connectivity index (χ2v) is 7.74. The molecule has 0 aliphatic rings. The predicted molar refractivity (Wildman–Crippen MR) is 105 cm³/mol. The van der Waals surface area contributed by atoms with Crippen molar-refractivity contribution in [1.29, 1.82) is 0 Å². The van der Waals surface area contributed by atoms with E-state index in [1.807, 2.05) is 43.3 Å². The van der Waals surface area contributed by atoms with Gasteiger partial charge in [0.1, 0.15) is 10.8 Å². The summed E-state index contributed by atoms with van der Waals surface area (Å²) in [6, 6.07) is 13.4. The number of benzene rings is 1. The van der Waals surface area contributed by atoms with E-state index >= 15 is 0 Å². The van der Waals surface area contributed by atoms with Crippen molar-refractivity contribution in [2.45, 2.75) is 24.2 Å². The molecular weight excluding hydrogens is 414 g/mol. The maximum absolute atomic E-state index is 12.9. The van der Waals surface area contributed by atoms with Gasteiger partial charge in [0.2, 0.25) is 0 Å². The summed E-state index contributed by atoms with van der Waals surface area (Å²) in [6.45, 7) is 2.39. The highest BCUT2D eigenvalue weighted by Gasteiger charge is 2.17. The number of carbonyl (C=O) groups is 1. The fourth-order valence-electron chi connectivity index (χ4n) is 2.44. The lowest BCUT2D eigenvalue weighted by molar-refractivity contribution is 0.0781. The van der Waals surface area contributed by atoms with Crippen molar-refractivity contribution >= 4 is 33.6 Å². The minimum absolute atomic E-state index is 0.0557. The van der Waals surface area contributed by atoms with Crippen LogP contribution in [0.25, 0.3) is 0 Å². The highest BCUT2D eigenvalue weighted by molar-refractivity contribution is 9.10. The van der Waals surface area contributed by atoms with Crippen LogP contribution in [-0.2, 0) is 12.3 Å². The highest BCUT2D eigenvalue weighted by Crippen LogP contribution is 2.25. The molecule has 7 heteroatoms. The maximum Gasteiger partial charge on any atom is 0.256 e. The van der Waals surface area contributed by atoms with Gasteiger partial charge in [0.05, 0.1) is 11.3 Å². The molecule has 134 valence electrons. The van der Waals surface area contributed by atoms with Gasteiger partial charge in [-0.1, -0.05) is 45.0 Å². The monoisotopic (exact) mass is 431 g/mol. The van der Waals surface area contributed by atoms with Crippen LogP contribution >= 0.6 is 27.7 Å². The summed E-state index contributed by atoms with van der Waals surface area (Å²) in [5.74, 6) is 1.32. The van der Waals surface area contributed by atoms with Crippen molar-refractivity contribution in [3.8, 4) is 0 Å². The lowest BCUT2D eigenvalue weighted by Crippen LogP contribution is -2.26. The molecule has 0 radical (unpaired) electrons. The van der Waals surface area contributed by atoms with E-state index < -0.39 is 0 Å². The minimum Gasteiger partial charge on any atom is -0.361 e. The number of hydrogen-bond acceptors (Lipinski definition) is 5. The number of amides is 1. The largest absolute Gasteiger partial charge is 0.361 e. The van der Waals surface area contributed by atoms with Crippen LogP contribution < -0.4 is 0 Å². The van der Waals surface area contributed by atoms with Crippen LogP contribution in [0.5, 0.6) is 0 Å². The number of aryl methyl sites for hydroxylation is 1. The molecule has 0 saturated heterocycles. The molecular formula is C19H18BrN3O2S. The summed E-state index contributed by atoms with van der Waals surface area (Å²) in [7, 11) is 1.80. The second kappa shape index (κ2) is 8.51. The zero-order chi connectivity index (χ0) is 18.5. The Hall–Kier alpha value is -2.12. The van der Waals surface area contributed by atoms with Crippen LogP contribution in [0.4, 0.5) is 0 Å². The number of rotatable bonds is 6. The molecule has 0 unspecified atom stereocenters. The van der Waals surface area contributed by atoms with Gasteiger partial charge in [-0.3, -0.25) is 4.79 Å². The molecule has 0 fully saturated rings. The Morgan fingerprint density at radius 3 is 2.73 bits per heavy atom. The van der Waals surface area contributed by atoms with Crippen molar-refractivity contribution in [2.24, 2.45) is 0 Å². The van der Waals surface area contributed by atoms with Crippen LogP contribution in [-0.4, -0.2) is 28.0 Å². The average molecular weight is 432 g/mol. The molecule has 1 aromatic carbocycles. The molecule has 0 saturated carbocycles. The summed E-state index contributed by atoms with van der Waals surface area (Å²) in [4.78, 5) is 19.0. The zero-order valence-corrected chi connectivity index (χ0v) is 16.9. The van der Waals surface area contributed by atoms with Gasteiger partial charge >= 0.3 is 0 Å². The third-order valence-electron chi connectivity index (χ3n) is 3.71. The minimum atomic E-state index is -0.0557. The van der Waals surface area contributed by atoms with Crippen LogP contribution in [0.15, 0.2) is 62.7 Å². The lowest BCUT2D eigenvalue weighted by atomic mass is 10.2. The highest BCUT2D eigenvalue weighted by atomic mass is 79.9. The zero-order valence-electron chi connectivity index (χ0n) is 14.5. The molecule has 26 heavy (non-hydrogen) atoms. The number of thioether (sulfide) groups is 1. The maximum atomic E-state index is 12.9. The van der Waals surface area contributed by atoms with Gasteiger partial charge in [-0.25, -0.2) is 4.98 Å². The fourth-order valence-corrected chi connectivity index (χ4v) is 3.57. The van der Waals surface area contributed by atoms with E-state index in [9.17, 15) is 4.79 Å². The summed E-state index contributed by atoms with van der Waals surface area (Å²) in [6.07, 6.45) is 1.70. The van der Waals surface area contributed by atoms with Crippen LogP contribution in [0, 0.1) is 6.92 Å². The Morgan fingerprint density at radius 1 is 1.27 bits per heavy atom. The molecule has 0 bridgehead atoms. The summed E-state index contributed by atoms with van der Waals surface area (Å²) >= 11 is 4.90. The number of carbonyl (C=O) groups excluding carboxylic acids is 1. The first-order chi connectivity index (χ1) is 12.5. The van der Waals surface area contributed by atoms with Gasteiger partial charge < -0.3 is 9.42 Å². The van der Waals surface area contributed by atoms with E-state index in [0.29, 0.717) is 22.9 Å². The average Bonchev–Trinajstić information content (AvgIpc) is 3.07. The lowest BCUT2D eigenvalue weighted by Gasteiger charge is -2.18. The van der Waals surface area contributed by atoms with Crippen LogP contribution in [0.3, 0.4) is 0 Å². The van der Waals surface area contributed by atoms with Crippen LogP contribution in [0.1, 0.15) is 27.4 Å². The van der Waals surface area contributed by atoms with Gasteiger partial charge in [0.15, 0.2) is 0 Å². The van der Waals surface area contributed by atoms with Gasteiger partial charge in [-0.15, -0.1) is 0 Å². The normalized spacial score (nSPS) is 10.7. The first-order valence-electron chi connectivity index (χ1n) is 8.03. The third kappa shape index (κ3) is 4.74. The number of aromatic nitrogens is 2. The number of hydrogen-bond donors (Lipinski definition) is 0. The SMILES string of the molecule is Cc1cc(CSc2ncccc2C(=O)N(C)Cc2ccc(Br)cc2)no1. The standard InChI is InChI=1S/C19H18BrN3O2S/c1-13-10-16(22-25-13)12-26-18-17(4-3-9-21-18)19(24)23(2)11-14-5-7-15(20)8-6-14/h3-10H,11-12H2,1-2H3. The van der Waals surface area contributed by atoms with E-state index in [-0.39, 0.29) is 5.91 Å². The quantitative estimate of drug-likeness (QED) is 0.529. The first kappa shape index (κ1) is 18.7. The molecule has 1 amide bonds. The Bertz CT molecular complexity index is 896. The molecule has 0 spiro atoms. The number of nitrogens with zero attached hydrogens (tertiary/aromatic N) is 3. The summed E-state index contributed by atoms with van der Waals surface area (Å²) in [5, 5.41) is 4.68. The fraction of sp³-hybridized carbons (Fsp3) is 0.211. The van der Waals surface area contributed by atoms with Gasteiger partial charge in [0.25, 0.3) is 5.91 Å². The van der Waals surface area contributed by atoms with Crippen molar-refractivity contribution in [3.63, 3.8) is 0 Å². The third-order valence-corrected chi connectivity index (χ3v) is 5.28. The number of pyridine rings is 1. The summed E-state index contributed by atoms with van der Waals surface area (Å²) < 4.78 is 6.10. The van der Waals surface area contributed by atoms with Gasteiger partial charge in [0, 0.05) is 36.1 Å². The molecule has 2 heterocycles. The molecule has 3 rings (SSSR count). The molecule has 0 aliphatic heterocycles. The van der Waals surface area contributed by atoms with Crippen molar-refractivity contribution in [3.05, 3.63) is 75.7 Å². The predicted octanol–water partition coefficient (Wildman–Crippen LogP) is 4.71. The van der Waals surface area contributed by atoms with Crippen molar-refractivity contribution < 1.29 is 9.32 Å². The summed E-state index contributed by atoms with van der Waals surface area (Å²) in [5.41, 5.74) is 2.50. The van der Waals surface area contributed by atoms with E-state index in [0.717, 1.165) is 21.5 Å². The van der Waals surface area contributed by atoms with Gasteiger partial charge in [-0.05, 0) is 36.8 Å². The molecule has 5 nitrogen and oxygen atoms in total. The van der Waals surface area contributed by atoms with Crippen LogP contribution in [0.2, 0.25) is 0 Å². The number of halogens is 1. The Balaban J connectivity index is 1.71. The molecule has 0 aliphatic carbocycles. The van der Waals surface area contributed by atoms with E-state index in [2.05, 4.69) is 26.1 Å². The van der Waals surface area contributed by atoms with Gasteiger partial charge in [-0.2, -0.15) is 0 Å². The second-order valence-electron chi connectivity index (χ2n) is 5.86. The molecule has 2 aromatic heterocycles. The van der Waals surface area contributed by atoms with Crippen molar-refractivity contribution in [2.75, 3.05) is 7.05 Å². The van der Waals surface area contributed by atoms with E-state index in [1.54, 1.807) is 24.2 Å². The first-order valence-corrected chi connectivity index (χ1v) is 9.80.